The highest BCUT2D eigenvalue weighted by atomic mass is 32.2. The van der Waals surface area contributed by atoms with Crippen LogP contribution in [0.25, 0.3) is 0 Å². The number of sulfone groups is 1. The minimum Gasteiger partial charge on any atom is -0.484 e. The fraction of sp³-hybridized carbons (Fsp3) is 0.611. The predicted molar refractivity (Wildman–Crippen MR) is 97.0 cm³/mol. The molecule has 8 heteroatoms. The molecule has 26 heavy (non-hydrogen) atoms. The van der Waals surface area contributed by atoms with Crippen molar-refractivity contribution in [2.45, 2.75) is 58.1 Å². The van der Waals surface area contributed by atoms with E-state index in [2.05, 4.69) is 15.1 Å². The van der Waals surface area contributed by atoms with Crippen LogP contribution < -0.4 is 4.74 Å². The molecule has 0 spiro atoms. The van der Waals surface area contributed by atoms with Crippen molar-refractivity contribution in [1.29, 1.82) is 0 Å². The maximum atomic E-state index is 11.9. The van der Waals surface area contributed by atoms with Crippen LogP contribution in [-0.2, 0) is 22.9 Å². The minimum absolute atomic E-state index is 0.139. The highest BCUT2D eigenvalue weighted by Gasteiger charge is 2.34. The number of aryl methyl sites for hydroxylation is 2. The third-order valence-electron chi connectivity index (χ3n) is 4.98. The zero-order valence-corrected chi connectivity index (χ0v) is 16.0. The molecule has 3 heterocycles. The number of ether oxygens (including phenoxy) is 1. The van der Waals surface area contributed by atoms with Gasteiger partial charge in [0, 0.05) is 11.6 Å². The molecule has 1 aliphatic heterocycles. The first-order valence-corrected chi connectivity index (χ1v) is 11.0. The molecule has 2 aliphatic rings. The molecule has 0 unspecified atom stereocenters. The van der Waals surface area contributed by atoms with Gasteiger partial charge in [-0.1, -0.05) is 6.92 Å². The summed E-state index contributed by atoms with van der Waals surface area (Å²) in [4.78, 5) is 9.18. The molecule has 1 saturated heterocycles. The first-order chi connectivity index (χ1) is 12.4. The number of hydrogen-bond acceptors (Lipinski definition) is 6. The lowest BCUT2D eigenvalue weighted by Gasteiger charge is -2.13. The topological polar surface area (TPSA) is 87.0 Å². The van der Waals surface area contributed by atoms with Gasteiger partial charge in [-0.3, -0.25) is 4.98 Å². The average molecular weight is 376 g/mol. The van der Waals surface area contributed by atoms with E-state index < -0.39 is 9.84 Å². The van der Waals surface area contributed by atoms with Gasteiger partial charge in [-0.2, -0.15) is 5.10 Å². The first-order valence-electron chi connectivity index (χ1n) is 9.20. The highest BCUT2D eigenvalue weighted by molar-refractivity contribution is 7.91. The third kappa shape index (κ3) is 3.60. The fourth-order valence-electron chi connectivity index (χ4n) is 3.37. The van der Waals surface area contributed by atoms with E-state index in [4.69, 9.17) is 4.74 Å². The first kappa shape index (κ1) is 17.5. The molecule has 0 N–H and O–H groups in total. The molecule has 0 aromatic carbocycles. The lowest BCUT2D eigenvalue weighted by molar-refractivity contribution is 0.277. The van der Waals surface area contributed by atoms with Crippen molar-refractivity contribution in [2.75, 3.05) is 11.5 Å². The summed E-state index contributed by atoms with van der Waals surface area (Å²) in [5.41, 5.74) is 1.88. The van der Waals surface area contributed by atoms with Gasteiger partial charge in [0.15, 0.2) is 21.5 Å². The minimum atomic E-state index is -2.98. The molecule has 2 aromatic rings. The standard InChI is InChI=1S/C18H24N4O3S/c1-3-15-16(7-4-12(2)19-15)25-10-17-20-18(13-5-6-13)21-22(17)14-8-9-26(23,24)11-14/h4,7,13-14H,3,5-6,8-11H2,1-2H3/t14-/m1/s1. The number of rotatable bonds is 6. The summed E-state index contributed by atoms with van der Waals surface area (Å²) in [6, 6.07) is 3.72. The molecule has 0 radical (unpaired) electrons. The Hall–Kier alpha value is -1.96. The molecule has 4 rings (SSSR count). The van der Waals surface area contributed by atoms with Crippen molar-refractivity contribution >= 4 is 9.84 Å². The molecule has 140 valence electrons. The molecule has 1 atom stereocenters. The Balaban J connectivity index is 1.58. The van der Waals surface area contributed by atoms with E-state index in [1.54, 1.807) is 4.68 Å². The Morgan fingerprint density at radius 1 is 1.23 bits per heavy atom. The summed E-state index contributed by atoms with van der Waals surface area (Å²) in [6.07, 6.45) is 3.59. The van der Waals surface area contributed by atoms with Gasteiger partial charge in [-0.25, -0.2) is 18.1 Å². The predicted octanol–water partition coefficient (Wildman–Crippen LogP) is 2.36. The molecule has 2 aromatic heterocycles. The van der Waals surface area contributed by atoms with Gasteiger partial charge in [-0.15, -0.1) is 0 Å². The Kier molecular flexibility index (Phi) is 4.46. The van der Waals surface area contributed by atoms with Crippen LogP contribution in [0.4, 0.5) is 0 Å². The largest absolute Gasteiger partial charge is 0.484 e. The van der Waals surface area contributed by atoms with Gasteiger partial charge >= 0.3 is 0 Å². The van der Waals surface area contributed by atoms with Crippen molar-refractivity contribution in [2.24, 2.45) is 0 Å². The molecule has 2 fully saturated rings. The smallest absolute Gasteiger partial charge is 0.165 e. The molecule has 0 bridgehead atoms. The van der Waals surface area contributed by atoms with Crippen molar-refractivity contribution < 1.29 is 13.2 Å². The summed E-state index contributed by atoms with van der Waals surface area (Å²) >= 11 is 0. The Morgan fingerprint density at radius 2 is 2.04 bits per heavy atom. The number of pyridine rings is 1. The van der Waals surface area contributed by atoms with E-state index in [0.717, 1.165) is 42.2 Å². The van der Waals surface area contributed by atoms with Crippen molar-refractivity contribution in [3.8, 4) is 5.75 Å². The zero-order chi connectivity index (χ0) is 18.3. The summed E-state index contributed by atoms with van der Waals surface area (Å²) in [6.45, 7) is 4.28. The number of nitrogens with zero attached hydrogens (tertiary/aromatic N) is 4. The molecule has 1 saturated carbocycles. The van der Waals surface area contributed by atoms with E-state index in [1.165, 1.54) is 0 Å². The molecular weight excluding hydrogens is 352 g/mol. The SMILES string of the molecule is CCc1nc(C)ccc1OCc1nc(C2CC2)nn1[C@@H]1CCS(=O)(=O)C1. The number of hydrogen-bond donors (Lipinski definition) is 0. The van der Waals surface area contributed by atoms with Crippen LogP contribution in [0.5, 0.6) is 5.75 Å². The van der Waals surface area contributed by atoms with Gasteiger partial charge in [0.25, 0.3) is 0 Å². The van der Waals surface area contributed by atoms with Crippen molar-refractivity contribution in [3.05, 3.63) is 35.2 Å². The van der Waals surface area contributed by atoms with E-state index in [1.807, 2.05) is 26.0 Å². The second-order valence-corrected chi connectivity index (χ2v) is 9.43. The molecule has 1 aliphatic carbocycles. The lowest BCUT2D eigenvalue weighted by Crippen LogP contribution is -2.17. The molecular formula is C18H24N4O3S. The number of aromatic nitrogens is 4. The third-order valence-corrected chi connectivity index (χ3v) is 6.73. The summed E-state index contributed by atoms with van der Waals surface area (Å²) in [7, 11) is -2.98. The highest BCUT2D eigenvalue weighted by Crippen LogP contribution is 2.39. The van der Waals surface area contributed by atoms with Crippen LogP contribution in [0.1, 0.15) is 61.2 Å². The van der Waals surface area contributed by atoms with E-state index >= 15 is 0 Å². The Morgan fingerprint density at radius 3 is 2.69 bits per heavy atom. The van der Waals surface area contributed by atoms with Crippen LogP contribution in [0, 0.1) is 6.92 Å². The average Bonchev–Trinajstić information content (AvgIpc) is 3.27. The second-order valence-electron chi connectivity index (χ2n) is 7.20. The van der Waals surface area contributed by atoms with E-state index in [0.29, 0.717) is 18.2 Å². The Labute approximate surface area is 153 Å². The van der Waals surface area contributed by atoms with Crippen molar-refractivity contribution in [1.82, 2.24) is 19.7 Å². The zero-order valence-electron chi connectivity index (χ0n) is 15.2. The fourth-order valence-corrected chi connectivity index (χ4v) is 5.06. The van der Waals surface area contributed by atoms with Crippen LogP contribution >= 0.6 is 0 Å². The summed E-state index contributed by atoms with van der Waals surface area (Å²) in [5, 5.41) is 4.63. The molecule has 7 nitrogen and oxygen atoms in total. The van der Waals surface area contributed by atoms with Crippen LogP contribution in [0.15, 0.2) is 12.1 Å². The summed E-state index contributed by atoms with van der Waals surface area (Å²) in [5.74, 6) is 3.06. The maximum Gasteiger partial charge on any atom is 0.165 e. The maximum absolute atomic E-state index is 11.9. The summed E-state index contributed by atoms with van der Waals surface area (Å²) < 4.78 is 31.5. The quantitative estimate of drug-likeness (QED) is 0.769. The van der Waals surface area contributed by atoms with Crippen molar-refractivity contribution in [3.63, 3.8) is 0 Å². The normalized spacial score (nSPS) is 21.8. The monoisotopic (exact) mass is 376 g/mol. The molecule has 0 amide bonds. The van der Waals surface area contributed by atoms with E-state index in [9.17, 15) is 8.42 Å². The van der Waals surface area contributed by atoms with E-state index in [-0.39, 0.29) is 24.2 Å². The van der Waals surface area contributed by atoms with Crippen LogP contribution in [0.2, 0.25) is 0 Å². The second kappa shape index (κ2) is 6.64. The van der Waals surface area contributed by atoms with Gasteiger partial charge in [0.1, 0.15) is 12.4 Å². The van der Waals surface area contributed by atoms with Gasteiger partial charge in [0.2, 0.25) is 0 Å². The van der Waals surface area contributed by atoms with Crippen LogP contribution in [-0.4, -0.2) is 39.7 Å². The van der Waals surface area contributed by atoms with Gasteiger partial charge in [0.05, 0.1) is 23.2 Å². The lowest BCUT2D eigenvalue weighted by atomic mass is 10.2. The van der Waals surface area contributed by atoms with Crippen LogP contribution in [0.3, 0.4) is 0 Å². The van der Waals surface area contributed by atoms with Gasteiger partial charge in [-0.05, 0) is 44.7 Å². The van der Waals surface area contributed by atoms with Gasteiger partial charge < -0.3 is 4.74 Å². The Bertz CT molecular complexity index is 919.